The van der Waals surface area contributed by atoms with Crippen LogP contribution in [0.25, 0.3) is 0 Å². The molecule has 0 spiro atoms. The number of amidine groups is 1. The van der Waals surface area contributed by atoms with Gasteiger partial charge in [0.05, 0.1) is 25.3 Å². The van der Waals surface area contributed by atoms with Crippen LogP contribution in [-0.2, 0) is 14.4 Å². The number of piperazine rings is 1. The van der Waals surface area contributed by atoms with E-state index in [-0.39, 0.29) is 43.3 Å². The van der Waals surface area contributed by atoms with Crippen LogP contribution in [0.2, 0.25) is 0 Å². The van der Waals surface area contributed by atoms with Crippen LogP contribution >= 0.6 is 0 Å². The molecule has 144 valence electrons. The lowest BCUT2D eigenvalue weighted by Crippen LogP contribution is -2.58. The number of rotatable bonds is 5. The summed E-state index contributed by atoms with van der Waals surface area (Å²) in [6, 6.07) is 6.57. The van der Waals surface area contributed by atoms with E-state index in [0.29, 0.717) is 24.3 Å². The molecular weight excluding hydrogens is 350 g/mol. The molecule has 1 aromatic carbocycles. The number of nitrogens with zero attached hydrogens (tertiary/aromatic N) is 3. The van der Waals surface area contributed by atoms with Gasteiger partial charge in [-0.05, 0) is 37.1 Å². The van der Waals surface area contributed by atoms with Crippen LogP contribution < -0.4 is 10.6 Å². The van der Waals surface area contributed by atoms with Gasteiger partial charge in [-0.3, -0.25) is 29.6 Å². The highest BCUT2D eigenvalue weighted by Crippen LogP contribution is 2.23. The zero-order chi connectivity index (χ0) is 19.6. The van der Waals surface area contributed by atoms with Crippen molar-refractivity contribution in [3.8, 4) is 0 Å². The number of hydrogen-bond acceptors (Lipinski definition) is 6. The predicted molar refractivity (Wildman–Crippen MR) is 98.6 cm³/mol. The van der Waals surface area contributed by atoms with Gasteiger partial charge >= 0.3 is 5.97 Å². The highest BCUT2D eigenvalue weighted by Gasteiger charge is 2.36. The maximum Gasteiger partial charge on any atom is 0.317 e. The molecule has 0 aromatic heterocycles. The van der Waals surface area contributed by atoms with E-state index in [1.807, 2.05) is 9.80 Å². The molecule has 2 aliphatic heterocycles. The first kappa shape index (κ1) is 19.0. The molecule has 0 unspecified atom stereocenters. The van der Waals surface area contributed by atoms with Gasteiger partial charge in [-0.1, -0.05) is 0 Å². The number of benzene rings is 1. The average Bonchev–Trinajstić information content (AvgIpc) is 2.61. The lowest BCUT2D eigenvalue weighted by atomic mass is 10.0. The van der Waals surface area contributed by atoms with Gasteiger partial charge in [0.1, 0.15) is 5.84 Å². The summed E-state index contributed by atoms with van der Waals surface area (Å²) in [5.41, 5.74) is 6.44. The molecule has 3 rings (SSSR count). The largest absolute Gasteiger partial charge is 0.480 e. The Bertz CT molecular complexity index is 738. The Labute approximate surface area is 156 Å². The molecular formula is C18H23N5O4. The van der Waals surface area contributed by atoms with Gasteiger partial charge in [-0.2, -0.15) is 0 Å². The Kier molecular flexibility index (Phi) is 5.52. The van der Waals surface area contributed by atoms with Gasteiger partial charge in [-0.25, -0.2) is 4.90 Å². The van der Waals surface area contributed by atoms with E-state index in [2.05, 4.69) is 0 Å². The van der Waals surface area contributed by atoms with Crippen molar-refractivity contribution in [1.29, 1.82) is 5.41 Å². The molecule has 2 heterocycles. The van der Waals surface area contributed by atoms with E-state index in [4.69, 9.17) is 16.2 Å². The molecule has 2 amide bonds. The SMILES string of the molecule is N=C(N)c1ccc(N2C(=O)CN(C3CCN(CC(=O)O)CC3)CC2=O)cc1. The number of likely N-dealkylation sites (tertiary alicyclic amines) is 1. The van der Waals surface area contributed by atoms with Crippen LogP contribution in [0.15, 0.2) is 24.3 Å². The lowest BCUT2D eigenvalue weighted by Gasteiger charge is -2.41. The number of piperidine rings is 1. The second kappa shape index (κ2) is 7.85. The maximum atomic E-state index is 12.6. The van der Waals surface area contributed by atoms with Gasteiger partial charge in [-0.15, -0.1) is 0 Å². The summed E-state index contributed by atoms with van der Waals surface area (Å²) >= 11 is 0. The second-order valence-corrected chi connectivity index (χ2v) is 6.89. The van der Waals surface area contributed by atoms with Crippen molar-refractivity contribution in [2.45, 2.75) is 18.9 Å². The van der Waals surface area contributed by atoms with E-state index in [0.717, 1.165) is 12.8 Å². The molecule has 2 fully saturated rings. The molecule has 4 N–H and O–H groups in total. The standard InChI is InChI=1S/C18H23N5O4/c19-18(20)12-1-3-14(4-2-12)23-15(24)9-22(10-16(23)25)13-5-7-21(8-6-13)11-17(26)27/h1-4,13H,5-11H2,(H3,19,20)(H,26,27). The van der Waals surface area contributed by atoms with E-state index < -0.39 is 5.97 Å². The van der Waals surface area contributed by atoms with Crippen LogP contribution in [0.5, 0.6) is 0 Å². The minimum atomic E-state index is -0.844. The number of anilines is 1. The predicted octanol–water partition coefficient (Wildman–Crippen LogP) is -0.305. The summed E-state index contributed by atoms with van der Waals surface area (Å²) in [5.74, 6) is -1.48. The normalized spacial score (nSPS) is 20.1. The highest BCUT2D eigenvalue weighted by atomic mass is 16.4. The Morgan fingerprint density at radius 1 is 1.11 bits per heavy atom. The van der Waals surface area contributed by atoms with E-state index in [1.54, 1.807) is 24.3 Å². The van der Waals surface area contributed by atoms with Crippen LogP contribution in [-0.4, -0.2) is 77.3 Å². The average molecular weight is 373 g/mol. The summed E-state index contributed by atoms with van der Waals surface area (Å²) in [5, 5.41) is 16.3. The molecule has 0 saturated carbocycles. The topological polar surface area (TPSA) is 131 Å². The van der Waals surface area contributed by atoms with Crippen LogP contribution in [0, 0.1) is 5.41 Å². The first-order chi connectivity index (χ1) is 12.8. The summed E-state index contributed by atoms with van der Waals surface area (Å²) < 4.78 is 0. The van der Waals surface area contributed by atoms with E-state index in [1.165, 1.54) is 4.90 Å². The number of nitrogen functional groups attached to an aromatic ring is 1. The molecule has 9 heteroatoms. The van der Waals surface area contributed by atoms with Gasteiger partial charge in [0.25, 0.3) is 0 Å². The number of carboxylic acids is 1. The number of imide groups is 1. The Morgan fingerprint density at radius 2 is 1.67 bits per heavy atom. The van der Waals surface area contributed by atoms with Crippen molar-refractivity contribution in [3.05, 3.63) is 29.8 Å². The zero-order valence-electron chi connectivity index (χ0n) is 14.9. The minimum Gasteiger partial charge on any atom is -0.480 e. The molecule has 9 nitrogen and oxygen atoms in total. The number of aliphatic carboxylic acids is 1. The fourth-order valence-corrected chi connectivity index (χ4v) is 3.65. The molecule has 2 saturated heterocycles. The monoisotopic (exact) mass is 373 g/mol. The maximum absolute atomic E-state index is 12.6. The number of carboxylic acid groups (broad SMARTS) is 1. The highest BCUT2D eigenvalue weighted by molar-refractivity contribution is 6.17. The summed E-state index contributed by atoms with van der Waals surface area (Å²) in [7, 11) is 0. The van der Waals surface area contributed by atoms with Gasteiger partial charge in [0.15, 0.2) is 0 Å². The molecule has 27 heavy (non-hydrogen) atoms. The third-order valence-electron chi connectivity index (χ3n) is 5.04. The lowest BCUT2D eigenvalue weighted by molar-refractivity contribution is -0.138. The molecule has 0 aliphatic carbocycles. The Morgan fingerprint density at radius 3 is 2.15 bits per heavy atom. The minimum absolute atomic E-state index is 0.0224. The summed E-state index contributed by atoms with van der Waals surface area (Å²) in [4.78, 5) is 40.9. The van der Waals surface area contributed by atoms with Crippen LogP contribution in [0.1, 0.15) is 18.4 Å². The number of carbonyl (C=O) groups is 3. The van der Waals surface area contributed by atoms with Crippen molar-refractivity contribution < 1.29 is 19.5 Å². The third kappa shape index (κ3) is 4.32. The Hall–Kier alpha value is -2.78. The summed E-state index contributed by atoms with van der Waals surface area (Å²) in [6.45, 7) is 1.63. The second-order valence-electron chi connectivity index (χ2n) is 6.89. The summed E-state index contributed by atoms with van der Waals surface area (Å²) in [6.07, 6.45) is 1.47. The van der Waals surface area contributed by atoms with E-state index in [9.17, 15) is 14.4 Å². The van der Waals surface area contributed by atoms with Crippen LogP contribution in [0.4, 0.5) is 5.69 Å². The molecule has 1 aromatic rings. The quantitative estimate of drug-likeness (QED) is 0.367. The van der Waals surface area contributed by atoms with Gasteiger partial charge < -0.3 is 10.8 Å². The van der Waals surface area contributed by atoms with Crippen LogP contribution in [0.3, 0.4) is 0 Å². The molecule has 2 aliphatic rings. The molecule has 0 radical (unpaired) electrons. The molecule has 0 atom stereocenters. The van der Waals surface area contributed by atoms with Crippen molar-refractivity contribution >= 4 is 29.3 Å². The third-order valence-corrected chi connectivity index (χ3v) is 5.04. The number of hydrogen-bond donors (Lipinski definition) is 3. The first-order valence-corrected chi connectivity index (χ1v) is 8.83. The fourth-order valence-electron chi connectivity index (χ4n) is 3.65. The van der Waals surface area contributed by atoms with Crippen molar-refractivity contribution in [3.63, 3.8) is 0 Å². The van der Waals surface area contributed by atoms with Crippen molar-refractivity contribution in [1.82, 2.24) is 9.80 Å². The zero-order valence-corrected chi connectivity index (χ0v) is 14.9. The number of nitrogens with two attached hydrogens (primary N) is 1. The van der Waals surface area contributed by atoms with E-state index >= 15 is 0 Å². The Balaban J connectivity index is 1.62. The first-order valence-electron chi connectivity index (χ1n) is 8.83. The van der Waals surface area contributed by atoms with Crippen molar-refractivity contribution in [2.24, 2.45) is 5.73 Å². The number of amides is 2. The van der Waals surface area contributed by atoms with Gasteiger partial charge in [0, 0.05) is 24.7 Å². The number of carbonyl (C=O) groups excluding carboxylic acids is 2. The fraction of sp³-hybridized carbons (Fsp3) is 0.444. The smallest absolute Gasteiger partial charge is 0.317 e. The molecule has 0 bridgehead atoms. The van der Waals surface area contributed by atoms with Gasteiger partial charge in [0.2, 0.25) is 11.8 Å². The number of nitrogens with one attached hydrogen (secondary N) is 1. The van der Waals surface area contributed by atoms with Crippen molar-refractivity contribution in [2.75, 3.05) is 37.6 Å².